The van der Waals surface area contributed by atoms with E-state index in [1.165, 1.54) is 21.5 Å². The smallest absolute Gasteiger partial charge is 0.0425 e. The monoisotopic (exact) mass is 236 g/mol. The fraction of sp³-hybridized carbons (Fsp3) is 0.125. The van der Waals surface area contributed by atoms with Gasteiger partial charge in [0.2, 0.25) is 0 Å². The van der Waals surface area contributed by atoms with Crippen molar-refractivity contribution in [2.24, 2.45) is 11.5 Å². The molecule has 2 heteroatoms. The molecule has 0 aliphatic carbocycles. The molecule has 0 spiro atoms. The fourth-order valence-electron chi connectivity index (χ4n) is 2.52. The van der Waals surface area contributed by atoms with Crippen molar-refractivity contribution in [1.82, 2.24) is 0 Å². The molecule has 2 nitrogen and oxygen atoms in total. The van der Waals surface area contributed by atoms with Crippen LogP contribution in [0.3, 0.4) is 0 Å². The molecule has 3 aromatic carbocycles. The lowest BCUT2D eigenvalue weighted by molar-refractivity contribution is 0.744. The van der Waals surface area contributed by atoms with Crippen LogP contribution >= 0.6 is 0 Å². The quantitative estimate of drug-likeness (QED) is 0.672. The van der Waals surface area contributed by atoms with Gasteiger partial charge >= 0.3 is 0 Å². The van der Waals surface area contributed by atoms with Crippen LogP contribution in [0.5, 0.6) is 0 Å². The topological polar surface area (TPSA) is 52.0 Å². The Kier molecular flexibility index (Phi) is 2.74. The lowest BCUT2D eigenvalue weighted by atomic mass is 9.94. The Hall–Kier alpha value is -1.90. The van der Waals surface area contributed by atoms with E-state index in [1.807, 2.05) is 6.07 Å². The summed E-state index contributed by atoms with van der Waals surface area (Å²) >= 11 is 0. The van der Waals surface area contributed by atoms with E-state index in [1.54, 1.807) is 0 Å². The second-order valence-corrected chi connectivity index (χ2v) is 4.57. The Morgan fingerprint density at radius 2 is 1.44 bits per heavy atom. The van der Waals surface area contributed by atoms with Crippen molar-refractivity contribution in [2.75, 3.05) is 6.54 Å². The van der Waals surface area contributed by atoms with Crippen LogP contribution in [0.4, 0.5) is 0 Å². The first-order chi connectivity index (χ1) is 8.81. The first kappa shape index (κ1) is 11.2. The lowest BCUT2D eigenvalue weighted by Gasteiger charge is -2.15. The van der Waals surface area contributed by atoms with Crippen LogP contribution in [0.25, 0.3) is 21.5 Å². The highest BCUT2D eigenvalue weighted by atomic mass is 14.7. The molecule has 0 aromatic heterocycles. The number of benzene rings is 3. The molecule has 0 saturated carbocycles. The Labute approximate surface area is 106 Å². The molecule has 0 amide bonds. The van der Waals surface area contributed by atoms with E-state index >= 15 is 0 Å². The summed E-state index contributed by atoms with van der Waals surface area (Å²) in [5.41, 5.74) is 13.0. The van der Waals surface area contributed by atoms with E-state index in [-0.39, 0.29) is 6.04 Å². The molecule has 3 aromatic rings. The first-order valence-corrected chi connectivity index (χ1v) is 6.17. The Morgan fingerprint density at radius 1 is 0.833 bits per heavy atom. The van der Waals surface area contributed by atoms with Crippen LogP contribution in [0.1, 0.15) is 11.6 Å². The molecule has 0 fully saturated rings. The first-order valence-electron chi connectivity index (χ1n) is 6.17. The van der Waals surface area contributed by atoms with Crippen LogP contribution in [0.15, 0.2) is 54.6 Å². The molecule has 3 rings (SSSR count). The minimum absolute atomic E-state index is 0.112. The van der Waals surface area contributed by atoms with Crippen molar-refractivity contribution in [3.63, 3.8) is 0 Å². The van der Waals surface area contributed by atoms with E-state index in [0.717, 1.165) is 5.56 Å². The summed E-state index contributed by atoms with van der Waals surface area (Å²) in [7, 11) is 0. The number of fused-ring (bicyclic) bond motifs is 3. The van der Waals surface area contributed by atoms with Crippen molar-refractivity contribution < 1.29 is 0 Å². The zero-order chi connectivity index (χ0) is 12.5. The maximum absolute atomic E-state index is 6.13. The van der Waals surface area contributed by atoms with E-state index in [0.29, 0.717) is 6.54 Å². The van der Waals surface area contributed by atoms with E-state index < -0.39 is 0 Å². The molecule has 0 bridgehead atoms. The summed E-state index contributed by atoms with van der Waals surface area (Å²) in [6.45, 7) is 0.461. The van der Waals surface area contributed by atoms with Crippen LogP contribution in [0.2, 0.25) is 0 Å². The average Bonchev–Trinajstić information content (AvgIpc) is 2.45. The highest BCUT2D eigenvalue weighted by Crippen LogP contribution is 2.30. The lowest BCUT2D eigenvalue weighted by Crippen LogP contribution is -2.21. The Bertz CT molecular complexity index is 704. The minimum Gasteiger partial charge on any atom is -0.329 e. The maximum Gasteiger partial charge on any atom is 0.0425 e. The molecule has 4 N–H and O–H groups in total. The van der Waals surface area contributed by atoms with Gasteiger partial charge in [0, 0.05) is 12.6 Å². The van der Waals surface area contributed by atoms with Gasteiger partial charge in [-0.1, -0.05) is 48.5 Å². The number of nitrogens with two attached hydrogens (primary N) is 2. The second-order valence-electron chi connectivity index (χ2n) is 4.57. The predicted octanol–water partition coefficient (Wildman–Crippen LogP) is 2.95. The SMILES string of the molecule is NC[C@H](N)c1cc2ccccc2c2ccccc12. The van der Waals surface area contributed by atoms with Gasteiger partial charge in [-0.05, 0) is 33.2 Å². The maximum atomic E-state index is 6.13. The zero-order valence-corrected chi connectivity index (χ0v) is 10.1. The van der Waals surface area contributed by atoms with Crippen molar-refractivity contribution in [3.05, 3.63) is 60.2 Å². The number of rotatable bonds is 2. The molecular formula is C16H16N2. The van der Waals surface area contributed by atoms with Gasteiger partial charge in [-0.15, -0.1) is 0 Å². The summed E-state index contributed by atoms with van der Waals surface area (Å²) in [4.78, 5) is 0. The number of hydrogen-bond donors (Lipinski definition) is 2. The van der Waals surface area contributed by atoms with Gasteiger partial charge in [-0.25, -0.2) is 0 Å². The van der Waals surface area contributed by atoms with Crippen molar-refractivity contribution in [2.45, 2.75) is 6.04 Å². The van der Waals surface area contributed by atoms with Crippen LogP contribution < -0.4 is 11.5 Å². The van der Waals surface area contributed by atoms with Gasteiger partial charge in [0.05, 0.1) is 0 Å². The highest BCUT2D eigenvalue weighted by Gasteiger charge is 2.10. The second kappa shape index (κ2) is 4.41. The Balaban J connectivity index is 2.46. The van der Waals surface area contributed by atoms with E-state index in [9.17, 15) is 0 Å². The van der Waals surface area contributed by atoms with Crippen molar-refractivity contribution >= 4 is 21.5 Å². The normalized spacial score (nSPS) is 13.0. The van der Waals surface area contributed by atoms with Gasteiger partial charge in [0.1, 0.15) is 0 Å². The average molecular weight is 236 g/mol. The molecule has 0 heterocycles. The minimum atomic E-state index is -0.112. The molecule has 0 radical (unpaired) electrons. The molecule has 90 valence electrons. The Morgan fingerprint density at radius 3 is 2.17 bits per heavy atom. The molecule has 0 unspecified atom stereocenters. The van der Waals surface area contributed by atoms with E-state index in [2.05, 4.69) is 48.5 Å². The molecule has 0 saturated heterocycles. The predicted molar refractivity (Wildman–Crippen MR) is 77.4 cm³/mol. The third-order valence-corrected chi connectivity index (χ3v) is 3.45. The summed E-state index contributed by atoms with van der Waals surface area (Å²) < 4.78 is 0. The summed E-state index contributed by atoms with van der Waals surface area (Å²) in [5, 5.41) is 4.93. The summed E-state index contributed by atoms with van der Waals surface area (Å²) in [6.07, 6.45) is 0. The van der Waals surface area contributed by atoms with Gasteiger partial charge in [-0.2, -0.15) is 0 Å². The largest absolute Gasteiger partial charge is 0.329 e. The summed E-state index contributed by atoms with van der Waals surface area (Å²) in [6, 6.07) is 18.8. The van der Waals surface area contributed by atoms with E-state index in [4.69, 9.17) is 11.5 Å². The van der Waals surface area contributed by atoms with Gasteiger partial charge < -0.3 is 11.5 Å². The van der Waals surface area contributed by atoms with Crippen LogP contribution in [0, 0.1) is 0 Å². The third-order valence-electron chi connectivity index (χ3n) is 3.45. The molecular weight excluding hydrogens is 220 g/mol. The van der Waals surface area contributed by atoms with Gasteiger partial charge in [0.15, 0.2) is 0 Å². The third kappa shape index (κ3) is 1.67. The van der Waals surface area contributed by atoms with Gasteiger partial charge in [-0.3, -0.25) is 0 Å². The van der Waals surface area contributed by atoms with Crippen LogP contribution in [-0.2, 0) is 0 Å². The zero-order valence-electron chi connectivity index (χ0n) is 10.1. The van der Waals surface area contributed by atoms with Gasteiger partial charge in [0.25, 0.3) is 0 Å². The standard InChI is InChI=1S/C16H16N2/c17-10-16(18)15-9-11-5-1-2-6-12(11)13-7-3-4-8-14(13)15/h1-9,16H,10,17-18H2/t16-/m0/s1. The van der Waals surface area contributed by atoms with Crippen molar-refractivity contribution in [1.29, 1.82) is 0 Å². The molecule has 0 aliphatic heterocycles. The summed E-state index contributed by atoms with van der Waals surface area (Å²) in [5.74, 6) is 0. The molecule has 18 heavy (non-hydrogen) atoms. The molecule has 1 atom stereocenters. The fourth-order valence-corrected chi connectivity index (χ4v) is 2.52. The molecule has 0 aliphatic rings. The highest BCUT2D eigenvalue weighted by molar-refractivity contribution is 6.09. The number of hydrogen-bond acceptors (Lipinski definition) is 2. The van der Waals surface area contributed by atoms with Crippen LogP contribution in [-0.4, -0.2) is 6.54 Å². The van der Waals surface area contributed by atoms with Crippen molar-refractivity contribution in [3.8, 4) is 0 Å².